The molecule has 0 fully saturated rings. The summed E-state index contributed by atoms with van der Waals surface area (Å²) in [4.78, 5) is 12.0. The third kappa shape index (κ3) is 4.86. The van der Waals surface area contributed by atoms with E-state index < -0.39 is 26.9 Å². The number of rotatable bonds is 7. The van der Waals surface area contributed by atoms with Crippen molar-refractivity contribution in [3.63, 3.8) is 0 Å². The zero-order valence-electron chi connectivity index (χ0n) is 17.0. The Hall–Kier alpha value is -3.12. The molecule has 0 radical (unpaired) electrons. The van der Waals surface area contributed by atoms with Gasteiger partial charge >= 0.3 is 6.36 Å². The van der Waals surface area contributed by atoms with E-state index in [0.29, 0.717) is 16.5 Å². The molecule has 1 heterocycles. The third-order valence-electron chi connectivity index (χ3n) is 5.26. The van der Waals surface area contributed by atoms with Crippen LogP contribution in [-0.2, 0) is 21.2 Å². The summed E-state index contributed by atoms with van der Waals surface area (Å²) < 4.78 is 64.7. The fourth-order valence-corrected chi connectivity index (χ4v) is 4.04. The molecule has 0 saturated carbocycles. The van der Waals surface area contributed by atoms with E-state index in [9.17, 15) is 26.4 Å². The van der Waals surface area contributed by atoms with Crippen LogP contribution < -0.4 is 10.2 Å². The maximum atomic E-state index is 12.3. The first-order chi connectivity index (χ1) is 14.8. The van der Waals surface area contributed by atoms with Crippen LogP contribution in [0.3, 0.4) is 0 Å². The lowest BCUT2D eigenvalue weighted by Crippen LogP contribution is -2.49. The summed E-state index contributed by atoms with van der Waals surface area (Å²) in [6, 6.07) is 10.7. The smallest absolute Gasteiger partial charge is 0.406 e. The van der Waals surface area contributed by atoms with Gasteiger partial charge in [0.05, 0.1) is 11.7 Å². The highest BCUT2D eigenvalue weighted by Gasteiger charge is 2.43. The van der Waals surface area contributed by atoms with E-state index in [2.05, 4.69) is 9.84 Å². The van der Waals surface area contributed by atoms with E-state index in [0.717, 1.165) is 11.8 Å². The Kier molecular flexibility index (Phi) is 6.20. The topological polar surface area (TPSA) is 111 Å². The van der Waals surface area contributed by atoms with Crippen molar-refractivity contribution in [1.82, 2.24) is 15.3 Å². The second-order valence-corrected chi connectivity index (χ2v) is 9.85. The summed E-state index contributed by atoms with van der Waals surface area (Å²) in [5, 5.41) is 13.9. The summed E-state index contributed by atoms with van der Waals surface area (Å²) in [7, 11) is -3.83. The molecule has 3 aromatic rings. The van der Waals surface area contributed by atoms with Crippen molar-refractivity contribution in [2.24, 2.45) is 0 Å². The molecule has 1 amide bonds. The highest BCUT2D eigenvalue weighted by Crippen LogP contribution is 2.29. The average molecular weight is 471 g/mol. The normalized spacial score (nSPS) is 14.2. The second kappa shape index (κ2) is 8.43. The number of halogens is 3. The van der Waals surface area contributed by atoms with Gasteiger partial charge in [0.15, 0.2) is 14.6 Å². The number of hydroxylamine groups is 1. The first-order valence-corrected chi connectivity index (χ1v) is 11.2. The lowest BCUT2D eigenvalue weighted by atomic mass is 10.0. The third-order valence-corrected chi connectivity index (χ3v) is 7.29. The Morgan fingerprint density at radius 3 is 2.34 bits per heavy atom. The first-order valence-electron chi connectivity index (χ1n) is 9.30. The van der Waals surface area contributed by atoms with Gasteiger partial charge in [0.25, 0.3) is 5.91 Å². The molecule has 0 aliphatic carbocycles. The lowest BCUT2D eigenvalue weighted by Gasteiger charge is -2.25. The molecule has 0 aliphatic rings. The number of ether oxygens (including phenoxy) is 1. The zero-order valence-corrected chi connectivity index (χ0v) is 17.9. The minimum absolute atomic E-state index is 0.0866. The van der Waals surface area contributed by atoms with E-state index >= 15 is 0 Å². The molecule has 8 nitrogen and oxygen atoms in total. The number of nitrogens with zero attached hydrogens (tertiary/aromatic N) is 2. The van der Waals surface area contributed by atoms with Crippen molar-refractivity contribution in [1.29, 1.82) is 0 Å². The fourth-order valence-electron chi connectivity index (χ4n) is 3.20. The van der Waals surface area contributed by atoms with Gasteiger partial charge in [-0.25, -0.2) is 13.9 Å². The van der Waals surface area contributed by atoms with Crippen LogP contribution in [0.1, 0.15) is 13.3 Å². The van der Waals surface area contributed by atoms with Crippen molar-refractivity contribution < 1.29 is 36.3 Å². The van der Waals surface area contributed by atoms with Crippen molar-refractivity contribution >= 4 is 26.6 Å². The molecule has 12 heteroatoms. The number of hydrogen-bond donors (Lipinski definition) is 2. The monoisotopic (exact) mass is 471 g/mol. The van der Waals surface area contributed by atoms with Gasteiger partial charge in [-0.2, -0.15) is 5.10 Å². The van der Waals surface area contributed by atoms with Crippen LogP contribution in [0.25, 0.3) is 22.0 Å². The molecular formula is C20H20F3N3O5S. The Morgan fingerprint density at radius 1 is 1.16 bits per heavy atom. The molecule has 2 N–H and O–H groups in total. The van der Waals surface area contributed by atoms with Crippen LogP contribution >= 0.6 is 0 Å². The van der Waals surface area contributed by atoms with E-state index in [4.69, 9.17) is 5.21 Å². The molecule has 0 spiro atoms. The van der Waals surface area contributed by atoms with E-state index in [1.807, 2.05) is 0 Å². The Balaban J connectivity index is 1.83. The van der Waals surface area contributed by atoms with Crippen molar-refractivity contribution in [3.8, 4) is 16.9 Å². The number of carbonyl (C=O) groups excluding carboxylic acids is 1. The highest BCUT2D eigenvalue weighted by molar-refractivity contribution is 7.92. The number of aryl methyl sites for hydroxylation is 1. The molecule has 0 bridgehead atoms. The summed E-state index contributed by atoms with van der Waals surface area (Å²) >= 11 is 0. The minimum atomic E-state index is -4.76. The molecule has 172 valence electrons. The largest absolute Gasteiger partial charge is 0.573 e. The summed E-state index contributed by atoms with van der Waals surface area (Å²) in [5.74, 6) is -1.35. The van der Waals surface area contributed by atoms with E-state index in [-0.39, 0.29) is 18.7 Å². The number of aromatic nitrogens is 2. The Labute approximate surface area is 181 Å². The van der Waals surface area contributed by atoms with Gasteiger partial charge in [-0.15, -0.1) is 13.2 Å². The predicted octanol–water partition coefficient (Wildman–Crippen LogP) is 3.30. The SMILES string of the molecule is C[C@@](CCn1ncc2cc(-c3ccc(OC(F)(F)F)cc3)ccc21)(C(=O)NO)S(C)(=O)=O. The number of sulfone groups is 1. The molecule has 0 aliphatic heterocycles. The second-order valence-electron chi connectivity index (χ2n) is 7.41. The average Bonchev–Trinajstić information content (AvgIpc) is 3.12. The molecule has 1 atom stereocenters. The lowest BCUT2D eigenvalue weighted by molar-refractivity contribution is -0.274. The Morgan fingerprint density at radius 2 is 1.78 bits per heavy atom. The van der Waals surface area contributed by atoms with Crippen LogP contribution in [0.15, 0.2) is 48.7 Å². The quantitative estimate of drug-likeness (QED) is 0.404. The van der Waals surface area contributed by atoms with Gasteiger partial charge in [-0.05, 0) is 48.7 Å². The maximum Gasteiger partial charge on any atom is 0.573 e. The molecule has 32 heavy (non-hydrogen) atoms. The highest BCUT2D eigenvalue weighted by atomic mass is 32.2. The number of fused-ring (bicyclic) bond motifs is 1. The van der Waals surface area contributed by atoms with Crippen LogP contribution in [0, 0.1) is 0 Å². The van der Waals surface area contributed by atoms with E-state index in [1.54, 1.807) is 24.4 Å². The fraction of sp³-hybridized carbons (Fsp3) is 0.300. The van der Waals surface area contributed by atoms with Crippen molar-refractivity contribution in [3.05, 3.63) is 48.7 Å². The van der Waals surface area contributed by atoms with Crippen molar-refractivity contribution in [2.45, 2.75) is 31.0 Å². The zero-order chi connectivity index (χ0) is 23.7. The van der Waals surface area contributed by atoms with Gasteiger partial charge in [-0.3, -0.25) is 14.7 Å². The van der Waals surface area contributed by atoms with Crippen LogP contribution in [0.2, 0.25) is 0 Å². The number of nitrogens with one attached hydrogen (secondary N) is 1. The van der Waals surface area contributed by atoms with Gasteiger partial charge in [0.2, 0.25) is 0 Å². The molecule has 3 rings (SSSR count). The number of benzene rings is 2. The van der Waals surface area contributed by atoms with Gasteiger partial charge in [-0.1, -0.05) is 18.2 Å². The van der Waals surface area contributed by atoms with E-state index in [1.165, 1.54) is 41.4 Å². The number of alkyl halides is 3. The maximum absolute atomic E-state index is 12.3. The van der Waals surface area contributed by atoms with Crippen LogP contribution in [-0.4, -0.2) is 46.7 Å². The van der Waals surface area contributed by atoms with Gasteiger partial charge < -0.3 is 4.74 Å². The minimum Gasteiger partial charge on any atom is -0.406 e. The number of carbonyl (C=O) groups is 1. The first kappa shape index (κ1) is 23.5. The van der Waals surface area contributed by atoms with Gasteiger partial charge in [0, 0.05) is 18.2 Å². The van der Waals surface area contributed by atoms with Crippen LogP contribution in [0.4, 0.5) is 13.2 Å². The summed E-state index contributed by atoms with van der Waals surface area (Å²) in [6.45, 7) is 1.31. The molecule has 0 unspecified atom stereocenters. The Bertz CT molecular complexity index is 1240. The predicted molar refractivity (Wildman–Crippen MR) is 110 cm³/mol. The number of amides is 1. The molecule has 2 aromatic carbocycles. The molecule has 1 aromatic heterocycles. The summed E-state index contributed by atoms with van der Waals surface area (Å²) in [6.07, 6.45) is -2.41. The van der Waals surface area contributed by atoms with Gasteiger partial charge in [0.1, 0.15) is 5.75 Å². The van der Waals surface area contributed by atoms with Crippen LogP contribution in [0.5, 0.6) is 5.75 Å². The number of hydrogen-bond acceptors (Lipinski definition) is 6. The standard InChI is InChI=1S/C20H20F3N3O5S/c1-19(18(27)25-28,32(2,29)30)9-10-26-17-8-5-14(11-15(17)12-24-26)13-3-6-16(7-4-13)31-20(21,22)23/h3-8,11-12,28H,9-10H2,1-2H3,(H,25,27)/t19-/m1/s1. The summed E-state index contributed by atoms with van der Waals surface area (Å²) in [5.41, 5.74) is 3.47. The molecule has 0 saturated heterocycles. The van der Waals surface area contributed by atoms with Crippen molar-refractivity contribution in [2.75, 3.05) is 6.26 Å². The molecular weight excluding hydrogens is 451 g/mol.